The zero-order valence-corrected chi connectivity index (χ0v) is 22.7. The van der Waals surface area contributed by atoms with E-state index in [2.05, 4.69) is 0 Å². The number of fused-ring (bicyclic) bond motifs is 1. The fraction of sp³-hybridized carbons (Fsp3) is 0.444. The van der Waals surface area contributed by atoms with Crippen LogP contribution in [0.25, 0.3) is 22.3 Å². The highest BCUT2D eigenvalue weighted by molar-refractivity contribution is 5.88. The molecule has 10 atom stereocenters. The van der Waals surface area contributed by atoms with Gasteiger partial charge >= 0.3 is 0 Å². The monoisotopic (exact) mass is 626 g/mol. The molecule has 10 N–H and O–H groups in total. The summed E-state index contributed by atoms with van der Waals surface area (Å²) >= 11 is 0. The summed E-state index contributed by atoms with van der Waals surface area (Å²) in [6.45, 7) is 0.572. The molecule has 17 heteroatoms. The van der Waals surface area contributed by atoms with Crippen molar-refractivity contribution in [1.82, 2.24) is 0 Å². The molecule has 0 bridgehead atoms. The number of aliphatic hydroxyl groups is 6. The molecule has 5 rings (SSSR count). The predicted octanol–water partition coefficient (Wildman–Crippen LogP) is -1.76. The maximum atomic E-state index is 13.5. The van der Waals surface area contributed by atoms with Crippen LogP contribution in [0.4, 0.5) is 0 Å². The van der Waals surface area contributed by atoms with Gasteiger partial charge < -0.3 is 74.6 Å². The Morgan fingerprint density at radius 1 is 0.795 bits per heavy atom. The first-order chi connectivity index (χ1) is 20.8. The molecule has 3 aromatic rings. The molecule has 17 nitrogen and oxygen atoms in total. The topological polar surface area (TPSA) is 279 Å². The molecule has 2 aliphatic heterocycles. The molecule has 0 radical (unpaired) electrons. The summed E-state index contributed by atoms with van der Waals surface area (Å²) in [5.74, 6) is -3.41. The van der Waals surface area contributed by atoms with E-state index in [0.717, 1.165) is 24.3 Å². The number of hydrogen-bond donors (Lipinski definition) is 10. The lowest BCUT2D eigenvalue weighted by Crippen LogP contribution is -2.64. The summed E-state index contributed by atoms with van der Waals surface area (Å²) < 4.78 is 22.2. The van der Waals surface area contributed by atoms with Gasteiger partial charge in [-0.1, -0.05) is 0 Å². The van der Waals surface area contributed by atoms with E-state index in [9.17, 15) is 55.9 Å². The normalized spacial score (nSPS) is 32.5. The molecule has 240 valence electrons. The van der Waals surface area contributed by atoms with Crippen LogP contribution in [0.2, 0.25) is 0 Å². The average Bonchev–Trinajstić information content (AvgIpc) is 2.98. The van der Waals surface area contributed by atoms with Gasteiger partial charge in [-0.2, -0.15) is 4.89 Å². The quantitative estimate of drug-likeness (QED) is 0.0790. The van der Waals surface area contributed by atoms with E-state index in [4.69, 9.17) is 28.4 Å². The van der Waals surface area contributed by atoms with Crippen molar-refractivity contribution in [3.05, 3.63) is 40.6 Å². The number of phenols is 4. The van der Waals surface area contributed by atoms with Gasteiger partial charge in [-0.05, 0) is 25.1 Å². The number of rotatable bonds is 7. The molecule has 2 fully saturated rings. The summed E-state index contributed by atoms with van der Waals surface area (Å²) in [6, 6.07) is 5.22. The Morgan fingerprint density at radius 2 is 1.52 bits per heavy atom. The first-order valence-electron chi connectivity index (χ1n) is 13.2. The summed E-state index contributed by atoms with van der Waals surface area (Å²) in [5, 5.41) is 101. The van der Waals surface area contributed by atoms with Gasteiger partial charge in [0.15, 0.2) is 23.5 Å². The van der Waals surface area contributed by atoms with Gasteiger partial charge in [0.2, 0.25) is 11.7 Å². The Morgan fingerprint density at radius 3 is 2.20 bits per heavy atom. The molecule has 0 unspecified atom stereocenters. The summed E-state index contributed by atoms with van der Waals surface area (Å²) in [7, 11) is 0. The van der Waals surface area contributed by atoms with Crippen LogP contribution in [0.1, 0.15) is 6.92 Å². The molecular formula is C27H30O17. The van der Waals surface area contributed by atoms with Gasteiger partial charge in [-0.25, -0.2) is 0 Å². The standard InChI is InChI=1S/C27H30O17/c1-8-17(33)21(37)25(42-26-22(38)20(36)18(34)15(7-28)41-26)27(39-8)44-43-24-19(35)16-13(32)5-10(29)6-14(16)40-23(24)9-2-3-11(30)12(31)4-9/h2-6,8,15,17-18,20-22,25-34,36-38H,7H2,1H3/t8-,15+,17-,18+,20-,21+,22+,25+,26-,27-/m0/s1. The summed E-state index contributed by atoms with van der Waals surface area (Å²) in [6.07, 6.45) is -16.7. The Hall–Kier alpha value is -3.75. The summed E-state index contributed by atoms with van der Waals surface area (Å²) in [5.41, 5.74) is -1.38. The lowest BCUT2D eigenvalue weighted by atomic mass is 9.97. The molecule has 0 saturated carbocycles. The third-order valence-corrected chi connectivity index (χ3v) is 7.31. The lowest BCUT2D eigenvalue weighted by molar-refractivity contribution is -0.411. The van der Waals surface area contributed by atoms with Crippen LogP contribution >= 0.6 is 0 Å². The van der Waals surface area contributed by atoms with Gasteiger partial charge in [0.25, 0.3) is 5.75 Å². The molecule has 2 aromatic carbocycles. The van der Waals surface area contributed by atoms with Crippen molar-refractivity contribution < 1.29 is 79.5 Å². The van der Waals surface area contributed by atoms with Crippen molar-refractivity contribution in [3.63, 3.8) is 0 Å². The average molecular weight is 627 g/mol. The third kappa shape index (κ3) is 5.73. The SMILES string of the molecule is C[C@@H]1O[C@@H](OOc2c(-c3ccc(O)c(O)c3)oc3cc(O)cc(O)c3c2=O)[C@H](O[C@@H]2O[C@H](CO)[C@@H](O)[C@H](O)[C@H]2O)[C@H](O)[C@H]1O. The first-order valence-corrected chi connectivity index (χ1v) is 13.2. The van der Waals surface area contributed by atoms with Gasteiger partial charge in [0.05, 0.1) is 12.7 Å². The lowest BCUT2D eigenvalue weighted by Gasteiger charge is -2.45. The van der Waals surface area contributed by atoms with Crippen LogP contribution in [0, 0.1) is 0 Å². The maximum Gasteiger partial charge on any atom is 0.256 e. The largest absolute Gasteiger partial charge is 0.508 e. The number of benzene rings is 2. The van der Waals surface area contributed by atoms with Crippen molar-refractivity contribution in [1.29, 1.82) is 0 Å². The highest BCUT2D eigenvalue weighted by atomic mass is 17.2. The molecule has 2 aliphatic rings. The number of phenolic OH excluding ortho intramolecular Hbond substituents is 4. The van der Waals surface area contributed by atoms with Gasteiger partial charge in [-0.15, -0.1) is 0 Å². The van der Waals surface area contributed by atoms with E-state index < -0.39 is 113 Å². The van der Waals surface area contributed by atoms with Gasteiger partial charge in [0, 0.05) is 17.7 Å². The second-order valence-corrected chi connectivity index (χ2v) is 10.3. The second-order valence-electron chi connectivity index (χ2n) is 10.3. The maximum absolute atomic E-state index is 13.5. The van der Waals surface area contributed by atoms with E-state index in [-0.39, 0.29) is 11.1 Å². The van der Waals surface area contributed by atoms with Crippen molar-refractivity contribution in [3.8, 4) is 40.1 Å². The molecule has 2 saturated heterocycles. The zero-order valence-electron chi connectivity index (χ0n) is 22.7. The molecule has 0 amide bonds. The van der Waals surface area contributed by atoms with Crippen LogP contribution in [-0.2, 0) is 19.1 Å². The fourth-order valence-corrected chi connectivity index (χ4v) is 4.85. The van der Waals surface area contributed by atoms with Crippen LogP contribution < -0.4 is 10.3 Å². The molecule has 44 heavy (non-hydrogen) atoms. The Balaban J connectivity index is 1.51. The third-order valence-electron chi connectivity index (χ3n) is 7.31. The van der Waals surface area contributed by atoms with E-state index >= 15 is 0 Å². The Labute approximate surface area is 246 Å². The Kier molecular flexibility index (Phi) is 8.87. The Bertz CT molecular complexity index is 1560. The number of aliphatic hydroxyl groups excluding tert-OH is 6. The minimum atomic E-state index is -1.90. The number of ether oxygens (including phenoxy) is 3. The smallest absolute Gasteiger partial charge is 0.256 e. The highest BCUT2D eigenvalue weighted by Gasteiger charge is 2.51. The van der Waals surface area contributed by atoms with E-state index in [1.165, 1.54) is 13.0 Å². The fourth-order valence-electron chi connectivity index (χ4n) is 4.85. The van der Waals surface area contributed by atoms with Crippen molar-refractivity contribution in [2.75, 3.05) is 6.61 Å². The van der Waals surface area contributed by atoms with Crippen molar-refractivity contribution >= 4 is 11.0 Å². The molecule has 1 aromatic heterocycles. The first kappa shape index (κ1) is 31.7. The zero-order chi connectivity index (χ0) is 32.0. The molecule has 3 heterocycles. The number of hydrogen-bond acceptors (Lipinski definition) is 17. The van der Waals surface area contributed by atoms with Crippen molar-refractivity contribution in [2.45, 2.75) is 68.3 Å². The van der Waals surface area contributed by atoms with Crippen LogP contribution in [-0.4, -0.2) is 119 Å². The van der Waals surface area contributed by atoms with Crippen LogP contribution in [0.15, 0.2) is 39.5 Å². The molecule has 0 spiro atoms. The minimum absolute atomic E-state index is 0.0387. The highest BCUT2D eigenvalue weighted by Crippen LogP contribution is 2.39. The van der Waals surface area contributed by atoms with Gasteiger partial charge in [-0.3, -0.25) is 4.79 Å². The minimum Gasteiger partial charge on any atom is -0.508 e. The van der Waals surface area contributed by atoms with Gasteiger partial charge in [0.1, 0.15) is 65.2 Å². The van der Waals surface area contributed by atoms with Crippen LogP contribution in [0.3, 0.4) is 0 Å². The molecular weight excluding hydrogens is 596 g/mol. The van der Waals surface area contributed by atoms with E-state index in [0.29, 0.717) is 0 Å². The van der Waals surface area contributed by atoms with E-state index in [1.54, 1.807) is 0 Å². The summed E-state index contributed by atoms with van der Waals surface area (Å²) in [4.78, 5) is 24.2. The molecule has 0 aliphatic carbocycles. The second kappa shape index (κ2) is 12.3. The number of aromatic hydroxyl groups is 4. The van der Waals surface area contributed by atoms with Crippen LogP contribution in [0.5, 0.6) is 28.7 Å². The predicted molar refractivity (Wildman–Crippen MR) is 141 cm³/mol. The van der Waals surface area contributed by atoms with E-state index in [1.807, 2.05) is 0 Å². The van der Waals surface area contributed by atoms with Crippen molar-refractivity contribution in [2.24, 2.45) is 0 Å².